The van der Waals surface area contributed by atoms with E-state index in [-0.39, 0.29) is 0 Å². The predicted molar refractivity (Wildman–Crippen MR) is 233 cm³/mol. The van der Waals surface area contributed by atoms with Crippen molar-refractivity contribution < 1.29 is 4.42 Å². The lowest BCUT2D eigenvalue weighted by Crippen LogP contribution is -1.91. The Balaban J connectivity index is 1.07. The summed E-state index contributed by atoms with van der Waals surface area (Å²) in [5.41, 5.74) is 9.36. The molecular formula is C52H30OS. The van der Waals surface area contributed by atoms with E-state index in [0.717, 1.165) is 16.6 Å². The first-order valence-electron chi connectivity index (χ1n) is 18.5. The van der Waals surface area contributed by atoms with E-state index in [2.05, 4.69) is 182 Å². The molecule has 0 N–H and O–H groups in total. The van der Waals surface area contributed by atoms with E-state index in [0.29, 0.717) is 0 Å². The Morgan fingerprint density at radius 3 is 1.67 bits per heavy atom. The van der Waals surface area contributed by atoms with Gasteiger partial charge in [0, 0.05) is 36.3 Å². The van der Waals surface area contributed by atoms with E-state index in [4.69, 9.17) is 4.42 Å². The van der Waals surface area contributed by atoms with Crippen LogP contribution < -0.4 is 0 Å². The average Bonchev–Trinajstić information content (AvgIpc) is 3.81. The van der Waals surface area contributed by atoms with Gasteiger partial charge < -0.3 is 4.42 Å². The van der Waals surface area contributed by atoms with Gasteiger partial charge >= 0.3 is 0 Å². The van der Waals surface area contributed by atoms with Crippen molar-refractivity contribution in [3.8, 4) is 33.4 Å². The molecule has 2 aromatic heterocycles. The third-order valence-electron chi connectivity index (χ3n) is 11.4. The number of hydrogen-bond acceptors (Lipinski definition) is 2. The zero-order valence-corrected chi connectivity index (χ0v) is 30.0. The number of hydrogen-bond donors (Lipinski definition) is 0. The SMILES string of the molecule is c1cc(-c2ccc3ccccc3c2)cc(-c2c3ccccc3c(-c3ccc4sc5c(ccc6oc7c8ccccc8ccc7c65)c4c3)c3ccccc23)c1. The normalized spacial score (nSPS) is 12.1. The van der Waals surface area contributed by atoms with Crippen molar-refractivity contribution >= 4 is 96.5 Å². The van der Waals surface area contributed by atoms with E-state index in [1.54, 1.807) is 0 Å². The summed E-state index contributed by atoms with van der Waals surface area (Å²) < 4.78 is 9.13. The molecule has 54 heavy (non-hydrogen) atoms. The first-order valence-corrected chi connectivity index (χ1v) is 19.3. The minimum absolute atomic E-state index is 0.942. The Morgan fingerprint density at radius 2 is 0.907 bits per heavy atom. The Bertz CT molecular complexity index is 3450. The van der Waals surface area contributed by atoms with E-state index in [9.17, 15) is 0 Å². The molecule has 0 unspecified atom stereocenters. The molecule has 2 heteroatoms. The number of furan rings is 1. The fourth-order valence-corrected chi connectivity index (χ4v) is 10.2. The van der Waals surface area contributed by atoms with Gasteiger partial charge in [-0.1, -0.05) is 140 Å². The van der Waals surface area contributed by atoms with Crippen molar-refractivity contribution in [1.29, 1.82) is 0 Å². The largest absolute Gasteiger partial charge is 0.455 e. The van der Waals surface area contributed by atoms with Crippen molar-refractivity contribution in [3.63, 3.8) is 0 Å². The van der Waals surface area contributed by atoms with Gasteiger partial charge in [0.15, 0.2) is 0 Å². The molecule has 0 radical (unpaired) electrons. The third-order valence-corrected chi connectivity index (χ3v) is 12.6. The van der Waals surface area contributed by atoms with Gasteiger partial charge in [-0.3, -0.25) is 0 Å². The fourth-order valence-electron chi connectivity index (χ4n) is 8.95. The summed E-state index contributed by atoms with van der Waals surface area (Å²) in [4.78, 5) is 0. The summed E-state index contributed by atoms with van der Waals surface area (Å²) in [6, 6.07) is 66.8. The molecule has 0 saturated carbocycles. The molecule has 1 nitrogen and oxygen atoms in total. The summed E-state index contributed by atoms with van der Waals surface area (Å²) in [6.07, 6.45) is 0. The molecule has 0 spiro atoms. The Labute approximate surface area is 314 Å². The number of fused-ring (bicyclic) bond motifs is 12. The zero-order chi connectivity index (χ0) is 35.3. The second-order valence-corrected chi connectivity index (χ2v) is 15.4. The topological polar surface area (TPSA) is 13.1 Å². The summed E-state index contributed by atoms with van der Waals surface area (Å²) in [7, 11) is 0. The van der Waals surface area contributed by atoms with Gasteiger partial charge in [-0.2, -0.15) is 0 Å². The van der Waals surface area contributed by atoms with E-state index in [1.807, 2.05) is 11.3 Å². The second-order valence-electron chi connectivity index (χ2n) is 14.4. The van der Waals surface area contributed by atoms with Crippen LogP contribution >= 0.6 is 11.3 Å². The molecule has 0 bridgehead atoms. The van der Waals surface area contributed by atoms with Crippen LogP contribution in [0.15, 0.2) is 186 Å². The maximum absolute atomic E-state index is 6.56. The summed E-state index contributed by atoms with van der Waals surface area (Å²) >= 11 is 1.87. The van der Waals surface area contributed by atoms with Crippen LogP contribution in [-0.2, 0) is 0 Å². The van der Waals surface area contributed by atoms with Crippen LogP contribution in [0.4, 0.5) is 0 Å². The highest BCUT2D eigenvalue weighted by molar-refractivity contribution is 7.26. The lowest BCUT2D eigenvalue weighted by molar-refractivity contribution is 0.673. The zero-order valence-electron chi connectivity index (χ0n) is 29.1. The maximum atomic E-state index is 6.56. The van der Waals surface area contributed by atoms with Gasteiger partial charge in [0.2, 0.25) is 0 Å². The molecule has 10 aromatic carbocycles. The lowest BCUT2D eigenvalue weighted by atomic mass is 9.85. The molecule has 0 aliphatic rings. The van der Waals surface area contributed by atoms with Gasteiger partial charge in [0.1, 0.15) is 11.2 Å². The molecule has 2 heterocycles. The van der Waals surface area contributed by atoms with Crippen LogP contribution in [-0.4, -0.2) is 0 Å². The van der Waals surface area contributed by atoms with Gasteiger partial charge in [-0.05, 0) is 114 Å². The molecule has 0 amide bonds. The van der Waals surface area contributed by atoms with Crippen LogP contribution in [0.1, 0.15) is 0 Å². The van der Waals surface area contributed by atoms with Gasteiger partial charge in [-0.15, -0.1) is 11.3 Å². The lowest BCUT2D eigenvalue weighted by Gasteiger charge is -2.18. The Morgan fingerprint density at radius 1 is 0.333 bits per heavy atom. The maximum Gasteiger partial charge on any atom is 0.143 e. The fraction of sp³-hybridized carbons (Fsp3) is 0. The number of thiophene rings is 1. The minimum atomic E-state index is 0.942. The molecule has 250 valence electrons. The van der Waals surface area contributed by atoms with E-state index < -0.39 is 0 Å². The highest BCUT2D eigenvalue weighted by Crippen LogP contribution is 2.48. The van der Waals surface area contributed by atoms with Gasteiger partial charge in [0.05, 0.1) is 0 Å². The van der Waals surface area contributed by atoms with Crippen molar-refractivity contribution in [2.75, 3.05) is 0 Å². The smallest absolute Gasteiger partial charge is 0.143 e. The first-order chi connectivity index (χ1) is 26.8. The second kappa shape index (κ2) is 11.4. The van der Waals surface area contributed by atoms with Crippen molar-refractivity contribution in [2.45, 2.75) is 0 Å². The number of benzene rings is 10. The summed E-state index contributed by atoms with van der Waals surface area (Å²) in [6.45, 7) is 0. The molecular weight excluding hydrogens is 673 g/mol. The predicted octanol–water partition coefficient (Wildman–Crippen LogP) is 15.6. The van der Waals surface area contributed by atoms with Gasteiger partial charge in [-0.25, -0.2) is 0 Å². The molecule has 0 fully saturated rings. The van der Waals surface area contributed by atoms with Crippen LogP contribution in [0.3, 0.4) is 0 Å². The monoisotopic (exact) mass is 702 g/mol. The third kappa shape index (κ3) is 4.32. The molecule has 12 rings (SSSR count). The average molecular weight is 703 g/mol. The summed E-state index contributed by atoms with van der Waals surface area (Å²) in [5.74, 6) is 0. The van der Waals surface area contributed by atoms with Crippen molar-refractivity contribution in [3.05, 3.63) is 182 Å². The highest BCUT2D eigenvalue weighted by Gasteiger charge is 2.20. The Hall–Kier alpha value is -6.74. The van der Waals surface area contributed by atoms with E-state index in [1.165, 1.54) is 102 Å². The first kappa shape index (κ1) is 29.8. The van der Waals surface area contributed by atoms with Crippen LogP contribution in [0, 0.1) is 0 Å². The van der Waals surface area contributed by atoms with Crippen LogP contribution in [0.25, 0.3) is 119 Å². The standard InChI is InChI=1S/C52H30OS/c1-2-12-33-28-35(21-20-31(33)10-1)34-13-9-14-36(29-34)48-39-16-5-7-18-41(39)49(42-19-8-6-17-40(42)48)37-23-27-47-45(30-37)43-25-26-46-50(52(43)54-47)44-24-22-32-11-3-4-15-38(32)51(44)53-46/h1-30H. The molecule has 0 saturated heterocycles. The number of rotatable bonds is 3. The minimum Gasteiger partial charge on any atom is -0.455 e. The van der Waals surface area contributed by atoms with E-state index >= 15 is 0 Å². The van der Waals surface area contributed by atoms with Gasteiger partial charge in [0.25, 0.3) is 0 Å². The highest BCUT2D eigenvalue weighted by atomic mass is 32.1. The molecule has 0 aliphatic carbocycles. The van der Waals surface area contributed by atoms with Crippen LogP contribution in [0.5, 0.6) is 0 Å². The Kier molecular flexibility index (Phi) is 6.28. The molecule has 0 atom stereocenters. The molecule has 0 aliphatic heterocycles. The van der Waals surface area contributed by atoms with Crippen molar-refractivity contribution in [2.24, 2.45) is 0 Å². The van der Waals surface area contributed by atoms with Crippen molar-refractivity contribution in [1.82, 2.24) is 0 Å². The quantitative estimate of drug-likeness (QED) is 0.167. The summed E-state index contributed by atoms with van der Waals surface area (Å²) in [5, 5.41) is 14.9. The van der Waals surface area contributed by atoms with Crippen LogP contribution in [0.2, 0.25) is 0 Å². The molecule has 12 aromatic rings.